The van der Waals surface area contributed by atoms with E-state index >= 15 is 0 Å². The number of aromatic nitrogens is 1. The fourth-order valence-corrected chi connectivity index (χ4v) is 1.75. The summed E-state index contributed by atoms with van der Waals surface area (Å²) in [4.78, 5) is 1.41. The highest BCUT2D eigenvalue weighted by molar-refractivity contribution is 7.89. The highest BCUT2D eigenvalue weighted by Crippen LogP contribution is 2.32. The molecule has 0 bridgehead atoms. The van der Waals surface area contributed by atoms with Crippen LogP contribution in [0.15, 0.2) is 11.1 Å². The Kier molecular flexibility index (Phi) is 2.86. The fraction of sp³-hybridized carbons (Fsp3) is 0.167. The van der Waals surface area contributed by atoms with Crippen LogP contribution in [0.1, 0.15) is 12.0 Å². The van der Waals surface area contributed by atoms with Crippen LogP contribution in [0, 0.1) is 5.95 Å². The molecule has 0 spiro atoms. The summed E-state index contributed by atoms with van der Waals surface area (Å²) in [6.45, 7) is 0. The van der Waals surface area contributed by atoms with E-state index in [1.807, 2.05) is 0 Å². The van der Waals surface area contributed by atoms with Crippen LogP contribution in [0.4, 0.5) is 13.2 Å². The van der Waals surface area contributed by atoms with Crippen molar-refractivity contribution in [2.75, 3.05) is 0 Å². The van der Waals surface area contributed by atoms with Gasteiger partial charge in [-0.25, -0.2) is 27.3 Å². The standard InChI is InChI=1S/C6H5F3N2O3S/c7-5(8)2-1-11-6(9)3(12)4(2)15(10,13)14/h1,5,12H,(H2,10,13,14). The highest BCUT2D eigenvalue weighted by atomic mass is 32.2. The molecule has 1 aromatic rings. The Bertz CT molecular complexity index is 489. The van der Waals surface area contributed by atoms with Gasteiger partial charge in [0.25, 0.3) is 12.4 Å². The minimum absolute atomic E-state index is 0.305. The van der Waals surface area contributed by atoms with Gasteiger partial charge in [-0.3, -0.25) is 0 Å². The van der Waals surface area contributed by atoms with E-state index in [2.05, 4.69) is 10.1 Å². The number of nitrogens with two attached hydrogens (primary N) is 1. The average molecular weight is 242 g/mol. The fourth-order valence-electron chi connectivity index (χ4n) is 0.931. The summed E-state index contributed by atoms with van der Waals surface area (Å²) in [7, 11) is -4.64. The van der Waals surface area contributed by atoms with Gasteiger partial charge in [-0.15, -0.1) is 0 Å². The van der Waals surface area contributed by atoms with Crippen LogP contribution in [-0.4, -0.2) is 18.5 Å². The van der Waals surface area contributed by atoms with E-state index in [1.54, 1.807) is 0 Å². The average Bonchev–Trinajstić information content (AvgIpc) is 2.06. The smallest absolute Gasteiger partial charge is 0.266 e. The third-order valence-corrected chi connectivity index (χ3v) is 2.51. The van der Waals surface area contributed by atoms with Crippen molar-refractivity contribution in [2.45, 2.75) is 11.3 Å². The molecule has 1 heterocycles. The van der Waals surface area contributed by atoms with Gasteiger partial charge >= 0.3 is 0 Å². The lowest BCUT2D eigenvalue weighted by Crippen LogP contribution is -2.16. The van der Waals surface area contributed by atoms with Crippen molar-refractivity contribution in [1.29, 1.82) is 0 Å². The molecule has 0 aliphatic rings. The largest absolute Gasteiger partial charge is 0.503 e. The molecule has 0 atom stereocenters. The van der Waals surface area contributed by atoms with Crippen LogP contribution < -0.4 is 5.14 Å². The molecule has 0 aromatic carbocycles. The number of hydrogen-bond acceptors (Lipinski definition) is 4. The second-order valence-corrected chi connectivity index (χ2v) is 4.03. The van der Waals surface area contributed by atoms with Crippen molar-refractivity contribution < 1.29 is 26.7 Å². The predicted octanol–water partition coefficient (Wildman–Crippen LogP) is 0.511. The minimum Gasteiger partial charge on any atom is -0.503 e. The Hall–Kier alpha value is -1.35. The summed E-state index contributed by atoms with van der Waals surface area (Å²) < 4.78 is 58.8. The summed E-state index contributed by atoms with van der Waals surface area (Å²) in [5.74, 6) is -3.08. The number of halogens is 3. The molecule has 0 aliphatic heterocycles. The molecule has 0 aliphatic carbocycles. The molecule has 9 heteroatoms. The number of alkyl halides is 2. The monoisotopic (exact) mass is 242 g/mol. The van der Waals surface area contributed by atoms with E-state index < -0.39 is 38.6 Å². The number of rotatable bonds is 2. The maximum Gasteiger partial charge on any atom is 0.266 e. The molecule has 0 saturated carbocycles. The predicted molar refractivity (Wildman–Crippen MR) is 42.2 cm³/mol. The number of pyridine rings is 1. The van der Waals surface area contributed by atoms with Crippen molar-refractivity contribution in [3.63, 3.8) is 0 Å². The normalized spacial score (nSPS) is 12.1. The molecule has 1 aromatic heterocycles. The first-order valence-electron chi connectivity index (χ1n) is 3.43. The zero-order valence-corrected chi connectivity index (χ0v) is 7.80. The maximum atomic E-state index is 12.6. The molecule has 0 fully saturated rings. The molecule has 15 heavy (non-hydrogen) atoms. The molecular formula is C6H5F3N2O3S. The lowest BCUT2D eigenvalue weighted by molar-refractivity contribution is 0.146. The van der Waals surface area contributed by atoms with Crippen LogP contribution in [0.5, 0.6) is 5.75 Å². The van der Waals surface area contributed by atoms with Gasteiger partial charge in [-0.2, -0.15) is 4.39 Å². The lowest BCUT2D eigenvalue weighted by atomic mass is 10.3. The molecule has 0 amide bonds. The molecule has 3 N–H and O–H groups in total. The lowest BCUT2D eigenvalue weighted by Gasteiger charge is -2.08. The molecule has 0 unspecified atom stereocenters. The van der Waals surface area contributed by atoms with Crippen molar-refractivity contribution in [2.24, 2.45) is 5.14 Å². The van der Waals surface area contributed by atoms with E-state index in [4.69, 9.17) is 5.11 Å². The van der Waals surface area contributed by atoms with Gasteiger partial charge in [0, 0.05) is 6.20 Å². The van der Waals surface area contributed by atoms with Crippen LogP contribution in [0.3, 0.4) is 0 Å². The number of aromatic hydroxyl groups is 1. The van der Waals surface area contributed by atoms with Gasteiger partial charge in [-0.1, -0.05) is 0 Å². The van der Waals surface area contributed by atoms with Gasteiger partial charge in [0.1, 0.15) is 4.90 Å². The molecule has 1 rings (SSSR count). The zero-order chi connectivity index (χ0) is 11.8. The van der Waals surface area contributed by atoms with Gasteiger partial charge in [0.05, 0.1) is 5.56 Å². The molecule has 84 valence electrons. The van der Waals surface area contributed by atoms with Gasteiger partial charge in [0.15, 0.2) is 5.75 Å². The van der Waals surface area contributed by atoms with Gasteiger partial charge in [-0.05, 0) is 0 Å². The second kappa shape index (κ2) is 3.66. The minimum atomic E-state index is -4.64. The van der Waals surface area contributed by atoms with Gasteiger partial charge < -0.3 is 5.11 Å². The number of primary sulfonamides is 1. The number of nitrogens with zero attached hydrogens (tertiary/aromatic N) is 1. The number of sulfonamides is 1. The van der Waals surface area contributed by atoms with E-state index in [1.165, 1.54) is 0 Å². The van der Waals surface area contributed by atoms with E-state index in [0.717, 1.165) is 0 Å². The third kappa shape index (κ3) is 2.18. The van der Waals surface area contributed by atoms with Crippen LogP contribution >= 0.6 is 0 Å². The Morgan fingerprint density at radius 1 is 1.47 bits per heavy atom. The first kappa shape index (κ1) is 11.7. The number of hydrogen-bond donors (Lipinski definition) is 2. The Morgan fingerprint density at radius 3 is 2.40 bits per heavy atom. The Balaban J connectivity index is 3.65. The summed E-state index contributed by atoms with van der Waals surface area (Å²) in [5.41, 5.74) is -1.14. The summed E-state index contributed by atoms with van der Waals surface area (Å²) >= 11 is 0. The van der Waals surface area contributed by atoms with E-state index in [0.29, 0.717) is 6.20 Å². The maximum absolute atomic E-state index is 12.6. The third-order valence-electron chi connectivity index (χ3n) is 1.51. The summed E-state index contributed by atoms with van der Waals surface area (Å²) in [6, 6.07) is 0. The molecular weight excluding hydrogens is 237 g/mol. The molecule has 0 saturated heterocycles. The molecule has 0 radical (unpaired) electrons. The molecule has 5 nitrogen and oxygen atoms in total. The van der Waals surface area contributed by atoms with Crippen molar-refractivity contribution in [1.82, 2.24) is 4.98 Å². The van der Waals surface area contributed by atoms with E-state index in [9.17, 15) is 21.6 Å². The summed E-state index contributed by atoms with van der Waals surface area (Å²) in [5, 5.41) is 13.5. The first-order valence-corrected chi connectivity index (χ1v) is 4.98. The van der Waals surface area contributed by atoms with E-state index in [-0.39, 0.29) is 0 Å². The highest BCUT2D eigenvalue weighted by Gasteiger charge is 2.27. The zero-order valence-electron chi connectivity index (χ0n) is 6.99. The van der Waals surface area contributed by atoms with Crippen LogP contribution in [0.25, 0.3) is 0 Å². The first-order chi connectivity index (χ1) is 6.75. The quantitative estimate of drug-likeness (QED) is 0.739. The van der Waals surface area contributed by atoms with Crippen molar-refractivity contribution in [3.8, 4) is 5.75 Å². The second-order valence-electron chi connectivity index (χ2n) is 2.53. The van der Waals surface area contributed by atoms with Crippen molar-refractivity contribution in [3.05, 3.63) is 17.7 Å². The van der Waals surface area contributed by atoms with Crippen LogP contribution in [-0.2, 0) is 10.0 Å². The van der Waals surface area contributed by atoms with Crippen LogP contribution in [0.2, 0.25) is 0 Å². The Labute approximate surface area is 82.4 Å². The topological polar surface area (TPSA) is 93.3 Å². The Morgan fingerprint density at radius 2 is 2.00 bits per heavy atom. The SMILES string of the molecule is NS(=O)(=O)c1c(C(F)F)cnc(F)c1O. The van der Waals surface area contributed by atoms with Crippen molar-refractivity contribution >= 4 is 10.0 Å². The summed E-state index contributed by atoms with van der Waals surface area (Å²) in [6.07, 6.45) is -2.93. The van der Waals surface area contributed by atoms with Gasteiger partial charge in [0.2, 0.25) is 10.0 Å².